The summed E-state index contributed by atoms with van der Waals surface area (Å²) in [6, 6.07) is 7.99. The SMILES string of the molecule is Clc1ccccc1CN1CCC[C@H](c2nnc(-c3cnccn3)o2)C1. The Morgan fingerprint density at radius 1 is 1.20 bits per heavy atom. The van der Waals surface area contributed by atoms with Crippen LogP contribution in [-0.4, -0.2) is 38.2 Å². The van der Waals surface area contributed by atoms with Crippen LogP contribution >= 0.6 is 11.6 Å². The first kappa shape index (κ1) is 16.2. The van der Waals surface area contributed by atoms with Crippen LogP contribution < -0.4 is 0 Å². The van der Waals surface area contributed by atoms with E-state index in [1.165, 1.54) is 0 Å². The summed E-state index contributed by atoms with van der Waals surface area (Å²) < 4.78 is 5.85. The molecular formula is C18H18ClN5O. The molecule has 2 aromatic heterocycles. The molecule has 0 aliphatic carbocycles. The second-order valence-electron chi connectivity index (χ2n) is 6.20. The zero-order chi connectivity index (χ0) is 17.1. The Morgan fingerprint density at radius 2 is 2.12 bits per heavy atom. The van der Waals surface area contributed by atoms with Gasteiger partial charge in [0.2, 0.25) is 5.89 Å². The molecule has 7 heteroatoms. The van der Waals surface area contributed by atoms with Gasteiger partial charge in [-0.25, -0.2) is 4.98 Å². The summed E-state index contributed by atoms with van der Waals surface area (Å²) in [6.45, 7) is 2.77. The normalized spacial score (nSPS) is 18.4. The summed E-state index contributed by atoms with van der Waals surface area (Å²) in [5.41, 5.74) is 1.75. The molecule has 1 atom stereocenters. The first-order chi connectivity index (χ1) is 12.3. The van der Waals surface area contributed by atoms with Gasteiger partial charge in [0.1, 0.15) is 5.69 Å². The molecule has 128 valence electrons. The average molecular weight is 356 g/mol. The van der Waals surface area contributed by atoms with Crippen molar-refractivity contribution in [3.05, 3.63) is 59.3 Å². The number of aromatic nitrogens is 4. The minimum atomic E-state index is 0.231. The summed E-state index contributed by atoms with van der Waals surface area (Å²) in [7, 11) is 0. The lowest BCUT2D eigenvalue weighted by Crippen LogP contribution is -2.34. The van der Waals surface area contributed by atoms with Crippen LogP contribution in [0.5, 0.6) is 0 Å². The Labute approximate surface area is 150 Å². The molecule has 3 aromatic rings. The van der Waals surface area contributed by atoms with Crippen LogP contribution in [0, 0.1) is 0 Å². The summed E-state index contributed by atoms with van der Waals surface area (Å²) >= 11 is 6.29. The Bertz CT molecular complexity index is 838. The van der Waals surface area contributed by atoms with E-state index in [-0.39, 0.29) is 5.92 Å². The minimum absolute atomic E-state index is 0.231. The van der Waals surface area contributed by atoms with Gasteiger partial charge in [0.05, 0.1) is 12.1 Å². The van der Waals surface area contributed by atoms with E-state index < -0.39 is 0 Å². The molecule has 4 rings (SSSR count). The van der Waals surface area contributed by atoms with Crippen molar-refractivity contribution >= 4 is 11.6 Å². The predicted octanol–water partition coefficient (Wildman–Crippen LogP) is 3.56. The molecule has 6 nitrogen and oxygen atoms in total. The molecule has 0 unspecified atom stereocenters. The largest absolute Gasteiger partial charge is 0.419 e. The van der Waals surface area contributed by atoms with Crippen LogP contribution in [-0.2, 0) is 6.54 Å². The van der Waals surface area contributed by atoms with Gasteiger partial charge in [0.25, 0.3) is 5.89 Å². The highest BCUT2D eigenvalue weighted by Gasteiger charge is 2.26. The zero-order valence-electron chi connectivity index (χ0n) is 13.7. The van der Waals surface area contributed by atoms with Gasteiger partial charge in [-0.05, 0) is 31.0 Å². The van der Waals surface area contributed by atoms with E-state index in [1.807, 2.05) is 18.2 Å². The number of rotatable bonds is 4. The van der Waals surface area contributed by atoms with E-state index in [9.17, 15) is 0 Å². The third-order valence-corrected chi connectivity index (χ3v) is 4.80. The van der Waals surface area contributed by atoms with E-state index >= 15 is 0 Å². The molecule has 1 aliphatic heterocycles. The molecular weight excluding hydrogens is 338 g/mol. The van der Waals surface area contributed by atoms with Crippen molar-refractivity contribution < 1.29 is 4.42 Å². The van der Waals surface area contributed by atoms with Crippen molar-refractivity contribution in [3.8, 4) is 11.6 Å². The number of piperidine rings is 1. The highest BCUT2D eigenvalue weighted by Crippen LogP contribution is 2.29. The molecule has 25 heavy (non-hydrogen) atoms. The molecule has 0 spiro atoms. The van der Waals surface area contributed by atoms with Gasteiger partial charge in [0.15, 0.2) is 0 Å². The van der Waals surface area contributed by atoms with Gasteiger partial charge in [0, 0.05) is 30.5 Å². The number of likely N-dealkylation sites (tertiary alicyclic amines) is 1. The van der Waals surface area contributed by atoms with Gasteiger partial charge >= 0.3 is 0 Å². The van der Waals surface area contributed by atoms with Gasteiger partial charge in [-0.1, -0.05) is 29.8 Å². The molecule has 0 N–H and O–H groups in total. The van der Waals surface area contributed by atoms with Crippen LogP contribution in [0.15, 0.2) is 47.3 Å². The third-order valence-electron chi connectivity index (χ3n) is 4.43. The Morgan fingerprint density at radius 3 is 2.96 bits per heavy atom. The average Bonchev–Trinajstić information content (AvgIpc) is 3.15. The molecule has 3 heterocycles. The molecule has 1 saturated heterocycles. The van der Waals surface area contributed by atoms with Crippen LogP contribution in [0.3, 0.4) is 0 Å². The van der Waals surface area contributed by atoms with E-state index in [2.05, 4.69) is 31.1 Å². The topological polar surface area (TPSA) is 67.9 Å². The van der Waals surface area contributed by atoms with E-state index in [0.29, 0.717) is 17.5 Å². The number of nitrogens with zero attached hydrogens (tertiary/aromatic N) is 5. The molecule has 0 amide bonds. The lowest BCUT2D eigenvalue weighted by molar-refractivity contribution is 0.186. The van der Waals surface area contributed by atoms with Crippen LogP contribution in [0.1, 0.15) is 30.2 Å². The maximum atomic E-state index is 6.29. The van der Waals surface area contributed by atoms with Crippen LogP contribution in [0.2, 0.25) is 5.02 Å². The lowest BCUT2D eigenvalue weighted by atomic mass is 9.97. The smallest absolute Gasteiger partial charge is 0.267 e. The van der Waals surface area contributed by atoms with Gasteiger partial charge in [-0.2, -0.15) is 0 Å². The van der Waals surface area contributed by atoms with Crippen molar-refractivity contribution in [2.45, 2.75) is 25.3 Å². The molecule has 0 bridgehead atoms. The van der Waals surface area contributed by atoms with Crippen molar-refractivity contribution in [1.82, 2.24) is 25.1 Å². The lowest BCUT2D eigenvalue weighted by Gasteiger charge is -2.31. The highest BCUT2D eigenvalue weighted by molar-refractivity contribution is 6.31. The molecule has 1 fully saturated rings. The minimum Gasteiger partial charge on any atom is -0.419 e. The van der Waals surface area contributed by atoms with Gasteiger partial charge < -0.3 is 4.42 Å². The van der Waals surface area contributed by atoms with Gasteiger partial charge in [-0.15, -0.1) is 10.2 Å². The highest BCUT2D eigenvalue weighted by atomic mass is 35.5. The van der Waals surface area contributed by atoms with Crippen LogP contribution in [0.4, 0.5) is 0 Å². The second kappa shape index (κ2) is 7.29. The summed E-state index contributed by atoms with van der Waals surface area (Å²) in [5, 5.41) is 9.18. The second-order valence-corrected chi connectivity index (χ2v) is 6.61. The first-order valence-corrected chi connectivity index (χ1v) is 8.73. The Kier molecular flexibility index (Phi) is 4.72. The Balaban J connectivity index is 1.46. The first-order valence-electron chi connectivity index (χ1n) is 8.35. The standard InChI is InChI=1S/C18H18ClN5O/c19-15-6-2-1-4-13(15)11-24-9-3-5-14(12-24)17-22-23-18(25-17)16-10-20-7-8-21-16/h1-2,4,6-8,10,14H,3,5,9,11-12H2/t14-/m0/s1. The molecule has 1 aliphatic rings. The van der Waals surface area contributed by atoms with E-state index in [1.54, 1.807) is 18.6 Å². The van der Waals surface area contributed by atoms with Crippen molar-refractivity contribution in [2.24, 2.45) is 0 Å². The maximum Gasteiger partial charge on any atom is 0.267 e. The zero-order valence-corrected chi connectivity index (χ0v) is 14.4. The Hall–Kier alpha value is -2.31. The molecule has 1 aromatic carbocycles. The van der Waals surface area contributed by atoms with Gasteiger partial charge in [-0.3, -0.25) is 9.88 Å². The summed E-state index contributed by atoms with van der Waals surface area (Å²) in [4.78, 5) is 10.6. The molecule has 0 radical (unpaired) electrons. The third kappa shape index (κ3) is 3.70. The number of halogens is 1. The van der Waals surface area contributed by atoms with Crippen molar-refractivity contribution in [1.29, 1.82) is 0 Å². The van der Waals surface area contributed by atoms with Crippen LogP contribution in [0.25, 0.3) is 11.6 Å². The number of hydrogen-bond donors (Lipinski definition) is 0. The fraction of sp³-hybridized carbons (Fsp3) is 0.333. The van der Waals surface area contributed by atoms with E-state index in [4.69, 9.17) is 16.0 Å². The number of hydrogen-bond acceptors (Lipinski definition) is 6. The monoisotopic (exact) mass is 355 g/mol. The quantitative estimate of drug-likeness (QED) is 0.712. The predicted molar refractivity (Wildman–Crippen MR) is 94.0 cm³/mol. The van der Waals surface area contributed by atoms with Crippen molar-refractivity contribution in [3.63, 3.8) is 0 Å². The maximum absolute atomic E-state index is 6.29. The van der Waals surface area contributed by atoms with Crippen molar-refractivity contribution in [2.75, 3.05) is 13.1 Å². The summed E-state index contributed by atoms with van der Waals surface area (Å²) in [6.07, 6.45) is 7.00. The number of benzene rings is 1. The fourth-order valence-electron chi connectivity index (χ4n) is 3.18. The molecule has 0 saturated carbocycles. The fourth-order valence-corrected chi connectivity index (χ4v) is 3.38. The van der Waals surface area contributed by atoms with E-state index in [0.717, 1.165) is 43.1 Å². The summed E-state index contributed by atoms with van der Waals surface area (Å²) in [5.74, 6) is 1.32.